The molecule has 1 rings (SSSR count). The fourth-order valence-corrected chi connectivity index (χ4v) is 2.28. The Balaban J connectivity index is 3.08. The second kappa shape index (κ2) is 10.7. The molecule has 0 heterocycles. The molecule has 0 radical (unpaired) electrons. The number of ether oxygens (including phenoxy) is 2. The average Bonchev–Trinajstić information content (AvgIpc) is 2.67. The van der Waals surface area contributed by atoms with E-state index in [2.05, 4.69) is 21.4 Å². The number of alkyl carbamates (subject to hydrolysis) is 1. The van der Waals surface area contributed by atoms with E-state index in [4.69, 9.17) is 11.2 Å². The molecule has 10 nitrogen and oxygen atoms in total. The van der Waals surface area contributed by atoms with Gasteiger partial charge in [-0.15, -0.1) is 0 Å². The highest BCUT2D eigenvalue weighted by Gasteiger charge is 2.33. The maximum Gasteiger partial charge on any atom is 0.408 e. The molecule has 1 aromatic carbocycles. The third kappa shape index (κ3) is 7.35. The Morgan fingerprint density at radius 3 is 2.33 bits per heavy atom. The molecule has 3 N–H and O–H groups in total. The molecular weight excluding hydrogens is 394 g/mol. The van der Waals surface area contributed by atoms with Crippen molar-refractivity contribution < 1.29 is 33.8 Å². The number of esters is 1. The lowest BCUT2D eigenvalue weighted by molar-refractivity contribution is -0.142. The van der Waals surface area contributed by atoms with E-state index >= 15 is 0 Å². The van der Waals surface area contributed by atoms with Crippen molar-refractivity contribution in [3.05, 3.63) is 29.8 Å². The van der Waals surface area contributed by atoms with Crippen LogP contribution in [-0.4, -0.2) is 59.7 Å². The van der Waals surface area contributed by atoms with Gasteiger partial charge in [0.2, 0.25) is 5.91 Å². The van der Waals surface area contributed by atoms with Gasteiger partial charge in [0, 0.05) is 11.6 Å². The van der Waals surface area contributed by atoms with E-state index in [0.29, 0.717) is 4.90 Å². The number of rotatable bonds is 7. The summed E-state index contributed by atoms with van der Waals surface area (Å²) in [5, 5.41) is 14.7. The summed E-state index contributed by atoms with van der Waals surface area (Å²) in [7, 11) is 1.15. The van der Waals surface area contributed by atoms with Gasteiger partial charge in [0.05, 0.1) is 7.11 Å². The maximum atomic E-state index is 12.7. The molecule has 0 saturated carbocycles. The molecule has 0 saturated heterocycles. The number of nitrogens with one attached hydrogen (secondary N) is 2. The van der Waals surface area contributed by atoms with Crippen LogP contribution in [0.4, 0.5) is 4.79 Å². The van der Waals surface area contributed by atoms with Gasteiger partial charge in [-0.2, -0.15) is 0 Å². The Kier molecular flexibility index (Phi) is 8.67. The van der Waals surface area contributed by atoms with Crippen molar-refractivity contribution in [3.63, 3.8) is 0 Å². The molecule has 162 valence electrons. The number of hydrogen-bond donors (Lipinski definition) is 3. The first-order valence-electron chi connectivity index (χ1n) is 8.87. The van der Waals surface area contributed by atoms with Crippen LogP contribution in [0.1, 0.15) is 32.4 Å². The summed E-state index contributed by atoms with van der Waals surface area (Å²) in [6, 6.07) is 6.39. The number of carbonyl (C=O) groups is 4. The number of methoxy groups -OCH3 is 1. The molecule has 0 spiro atoms. The summed E-state index contributed by atoms with van der Waals surface area (Å²) in [5.74, 6) is -2.65. The Morgan fingerprint density at radius 2 is 1.80 bits per heavy atom. The summed E-state index contributed by atoms with van der Waals surface area (Å²) < 4.78 is 9.51. The first-order chi connectivity index (χ1) is 14.0. The summed E-state index contributed by atoms with van der Waals surface area (Å²) in [6.45, 7) is 3.93. The average molecular weight is 419 g/mol. The van der Waals surface area contributed by atoms with Crippen LogP contribution in [-0.2, 0) is 23.9 Å². The van der Waals surface area contributed by atoms with Crippen LogP contribution >= 0.6 is 0 Å². The standard InChI is InChI=1S/C20H25N3O7/c1-6-23(15(25)11-22-19(28)30-20(2,3)4)17(13-9-7-8-10-14(13)24)18(27)21-12-16(26)29-5/h1,7-10,17,24H,11-12H2,2-5H3,(H,21,27)(H,22,28). The Labute approximate surface area is 174 Å². The zero-order valence-corrected chi connectivity index (χ0v) is 17.2. The van der Waals surface area contributed by atoms with Gasteiger partial charge in [0.25, 0.3) is 5.91 Å². The predicted molar refractivity (Wildman–Crippen MR) is 106 cm³/mol. The van der Waals surface area contributed by atoms with Gasteiger partial charge < -0.3 is 25.2 Å². The SMILES string of the molecule is C#CN(C(=O)CNC(=O)OC(C)(C)C)C(C(=O)NCC(=O)OC)c1ccccc1O. The number of nitrogens with zero attached hydrogens (tertiary/aromatic N) is 1. The van der Waals surface area contributed by atoms with Crippen LogP contribution in [0.15, 0.2) is 24.3 Å². The molecule has 0 aliphatic heterocycles. The lowest BCUT2D eigenvalue weighted by atomic mass is 10.0. The van der Waals surface area contributed by atoms with E-state index in [1.807, 2.05) is 0 Å². The highest BCUT2D eigenvalue weighted by molar-refractivity contribution is 5.93. The van der Waals surface area contributed by atoms with E-state index < -0.39 is 48.6 Å². The molecular formula is C20H25N3O7. The van der Waals surface area contributed by atoms with E-state index in [-0.39, 0.29) is 11.3 Å². The fourth-order valence-electron chi connectivity index (χ4n) is 2.28. The molecule has 3 amide bonds. The van der Waals surface area contributed by atoms with Gasteiger partial charge in [-0.1, -0.05) is 24.6 Å². The quantitative estimate of drug-likeness (QED) is 0.336. The molecule has 0 bridgehead atoms. The van der Waals surface area contributed by atoms with E-state index in [9.17, 15) is 24.3 Å². The second-order valence-electron chi connectivity index (χ2n) is 7.00. The molecule has 1 aromatic rings. The van der Waals surface area contributed by atoms with Gasteiger partial charge in [0.1, 0.15) is 24.4 Å². The summed E-state index contributed by atoms with van der Waals surface area (Å²) >= 11 is 0. The number of amides is 3. The Morgan fingerprint density at radius 1 is 1.17 bits per heavy atom. The lowest BCUT2D eigenvalue weighted by Gasteiger charge is -2.27. The lowest BCUT2D eigenvalue weighted by Crippen LogP contribution is -2.46. The smallest absolute Gasteiger partial charge is 0.408 e. The summed E-state index contributed by atoms with van der Waals surface area (Å²) in [4.78, 5) is 49.2. The highest BCUT2D eigenvalue weighted by atomic mass is 16.6. The van der Waals surface area contributed by atoms with Gasteiger partial charge >= 0.3 is 12.1 Å². The van der Waals surface area contributed by atoms with Gasteiger partial charge in [0.15, 0.2) is 6.04 Å². The van der Waals surface area contributed by atoms with Crippen LogP contribution in [0.2, 0.25) is 0 Å². The van der Waals surface area contributed by atoms with Crippen LogP contribution in [0.3, 0.4) is 0 Å². The number of para-hydroxylation sites is 1. The Bertz CT molecular complexity index is 840. The van der Waals surface area contributed by atoms with E-state index in [1.165, 1.54) is 24.3 Å². The third-order valence-electron chi connectivity index (χ3n) is 3.56. The zero-order valence-electron chi connectivity index (χ0n) is 17.2. The molecule has 1 atom stereocenters. The Hall–Kier alpha value is -3.74. The van der Waals surface area contributed by atoms with Crippen LogP contribution in [0.5, 0.6) is 5.75 Å². The van der Waals surface area contributed by atoms with Gasteiger partial charge in [-0.3, -0.25) is 19.3 Å². The fraction of sp³-hybridized carbons (Fsp3) is 0.400. The van der Waals surface area contributed by atoms with Crippen molar-refractivity contribution in [2.24, 2.45) is 0 Å². The topological polar surface area (TPSA) is 134 Å². The molecule has 1 unspecified atom stereocenters. The molecule has 0 aromatic heterocycles. The van der Waals surface area contributed by atoms with Gasteiger partial charge in [-0.05, 0) is 26.8 Å². The van der Waals surface area contributed by atoms with Crippen molar-refractivity contribution in [2.45, 2.75) is 32.4 Å². The van der Waals surface area contributed by atoms with Crippen molar-refractivity contribution in [1.82, 2.24) is 15.5 Å². The van der Waals surface area contributed by atoms with Crippen molar-refractivity contribution in [2.75, 3.05) is 20.2 Å². The zero-order chi connectivity index (χ0) is 22.9. The van der Waals surface area contributed by atoms with Crippen molar-refractivity contribution in [3.8, 4) is 18.2 Å². The number of phenols is 1. The highest BCUT2D eigenvalue weighted by Crippen LogP contribution is 2.28. The number of terminal acetylenes is 1. The minimum Gasteiger partial charge on any atom is -0.508 e. The second-order valence-corrected chi connectivity index (χ2v) is 7.00. The molecule has 30 heavy (non-hydrogen) atoms. The molecule has 10 heteroatoms. The minimum atomic E-state index is -1.46. The monoisotopic (exact) mass is 419 g/mol. The van der Waals surface area contributed by atoms with Crippen LogP contribution in [0.25, 0.3) is 0 Å². The normalized spacial score (nSPS) is 11.4. The number of hydrogen-bond acceptors (Lipinski definition) is 7. The number of aromatic hydroxyl groups is 1. The van der Waals surface area contributed by atoms with Gasteiger partial charge in [-0.25, -0.2) is 4.79 Å². The van der Waals surface area contributed by atoms with Crippen LogP contribution in [0, 0.1) is 12.5 Å². The van der Waals surface area contributed by atoms with Crippen molar-refractivity contribution in [1.29, 1.82) is 0 Å². The molecule has 0 aliphatic carbocycles. The van der Waals surface area contributed by atoms with E-state index in [0.717, 1.165) is 7.11 Å². The number of phenolic OH excluding ortho intramolecular Hbond substituents is 1. The van der Waals surface area contributed by atoms with Crippen LogP contribution < -0.4 is 10.6 Å². The third-order valence-corrected chi connectivity index (χ3v) is 3.56. The first-order valence-corrected chi connectivity index (χ1v) is 8.87. The minimum absolute atomic E-state index is 0.0310. The summed E-state index contributed by atoms with van der Waals surface area (Å²) in [5.41, 5.74) is -0.742. The maximum absolute atomic E-state index is 12.7. The first kappa shape index (κ1) is 24.3. The van der Waals surface area contributed by atoms with Crippen molar-refractivity contribution >= 4 is 23.9 Å². The number of carbonyl (C=O) groups excluding carboxylic acids is 4. The number of benzene rings is 1. The summed E-state index contributed by atoms with van der Waals surface area (Å²) in [6.07, 6.45) is 4.60. The predicted octanol–water partition coefficient (Wildman–Crippen LogP) is 0.667. The van der Waals surface area contributed by atoms with E-state index in [1.54, 1.807) is 20.8 Å². The largest absolute Gasteiger partial charge is 0.508 e. The molecule has 0 fully saturated rings. The molecule has 0 aliphatic rings.